The Morgan fingerprint density at radius 3 is 1.71 bits per heavy atom. The summed E-state index contributed by atoms with van der Waals surface area (Å²) < 4.78 is 0. The van der Waals surface area contributed by atoms with Gasteiger partial charge < -0.3 is 4.79 Å². The summed E-state index contributed by atoms with van der Waals surface area (Å²) in [5.41, 5.74) is 0.884. The summed E-state index contributed by atoms with van der Waals surface area (Å²) in [7, 11) is 0. The first-order valence-corrected chi connectivity index (χ1v) is 7.72. The summed E-state index contributed by atoms with van der Waals surface area (Å²) >= 11 is 0. The maximum atomic E-state index is 11.2. The summed E-state index contributed by atoms with van der Waals surface area (Å²) in [4.78, 5) is 11.2. The second-order valence-electron chi connectivity index (χ2n) is 6.41. The lowest BCUT2D eigenvalue weighted by Gasteiger charge is -2.54. The van der Waals surface area contributed by atoms with Gasteiger partial charge in [-0.3, -0.25) is 0 Å². The minimum atomic E-state index is 0.377. The standard InChI is InChI=1S/C16H28O/c1-2-15(9-5-3-6-10-15)16(13-14-17)11-7-4-8-12-16/h14H,2-13H2,1H3. The van der Waals surface area contributed by atoms with Crippen LogP contribution < -0.4 is 0 Å². The minimum Gasteiger partial charge on any atom is -0.303 e. The topological polar surface area (TPSA) is 17.1 Å². The molecule has 0 radical (unpaired) electrons. The van der Waals surface area contributed by atoms with Crippen LogP contribution in [-0.4, -0.2) is 6.29 Å². The summed E-state index contributed by atoms with van der Waals surface area (Å²) in [6.07, 6.45) is 17.1. The van der Waals surface area contributed by atoms with E-state index in [0.717, 1.165) is 6.42 Å². The first-order valence-electron chi connectivity index (χ1n) is 7.72. The zero-order valence-corrected chi connectivity index (χ0v) is 11.5. The van der Waals surface area contributed by atoms with Gasteiger partial charge in [0.25, 0.3) is 0 Å². The monoisotopic (exact) mass is 236 g/mol. The first-order chi connectivity index (χ1) is 8.29. The third kappa shape index (κ3) is 2.30. The van der Waals surface area contributed by atoms with Gasteiger partial charge in [-0.25, -0.2) is 0 Å². The van der Waals surface area contributed by atoms with Crippen molar-refractivity contribution in [2.24, 2.45) is 10.8 Å². The van der Waals surface area contributed by atoms with Crippen LogP contribution in [0.25, 0.3) is 0 Å². The van der Waals surface area contributed by atoms with Gasteiger partial charge in [0.1, 0.15) is 6.29 Å². The minimum absolute atomic E-state index is 0.377. The number of aldehydes is 1. The van der Waals surface area contributed by atoms with Crippen LogP contribution in [0.3, 0.4) is 0 Å². The van der Waals surface area contributed by atoms with Crippen LogP contribution in [0, 0.1) is 10.8 Å². The zero-order chi connectivity index (χ0) is 12.2. The highest BCUT2D eigenvalue weighted by Crippen LogP contribution is 2.59. The van der Waals surface area contributed by atoms with Gasteiger partial charge in [-0.05, 0) is 42.9 Å². The lowest BCUT2D eigenvalue weighted by Crippen LogP contribution is -2.45. The molecule has 0 aromatic rings. The van der Waals surface area contributed by atoms with Crippen LogP contribution in [0.1, 0.15) is 84.0 Å². The smallest absolute Gasteiger partial charge is 0.120 e. The molecule has 2 rings (SSSR count). The highest BCUT2D eigenvalue weighted by Gasteiger charge is 2.49. The van der Waals surface area contributed by atoms with Crippen molar-refractivity contribution in [3.05, 3.63) is 0 Å². The molecule has 0 atom stereocenters. The Morgan fingerprint density at radius 1 is 0.824 bits per heavy atom. The molecular formula is C16H28O. The van der Waals surface area contributed by atoms with E-state index in [0.29, 0.717) is 10.8 Å². The van der Waals surface area contributed by atoms with Gasteiger partial charge in [0, 0.05) is 6.42 Å². The molecule has 0 N–H and O–H groups in total. The molecule has 2 aliphatic rings. The highest BCUT2D eigenvalue weighted by molar-refractivity contribution is 5.51. The maximum absolute atomic E-state index is 11.2. The van der Waals surface area contributed by atoms with E-state index in [2.05, 4.69) is 6.92 Å². The van der Waals surface area contributed by atoms with Crippen molar-refractivity contribution < 1.29 is 4.79 Å². The van der Waals surface area contributed by atoms with Gasteiger partial charge in [-0.15, -0.1) is 0 Å². The van der Waals surface area contributed by atoms with Crippen molar-refractivity contribution in [1.29, 1.82) is 0 Å². The molecule has 0 saturated heterocycles. The number of carbonyl (C=O) groups excluding carboxylic acids is 1. The van der Waals surface area contributed by atoms with Gasteiger partial charge in [0.2, 0.25) is 0 Å². The van der Waals surface area contributed by atoms with Crippen molar-refractivity contribution in [2.45, 2.75) is 84.0 Å². The van der Waals surface area contributed by atoms with Gasteiger partial charge >= 0.3 is 0 Å². The van der Waals surface area contributed by atoms with Crippen LogP contribution in [0.4, 0.5) is 0 Å². The van der Waals surface area contributed by atoms with E-state index in [-0.39, 0.29) is 0 Å². The molecular weight excluding hydrogens is 208 g/mol. The van der Waals surface area contributed by atoms with Crippen LogP contribution in [-0.2, 0) is 4.79 Å². The lowest BCUT2D eigenvalue weighted by atomic mass is 9.50. The van der Waals surface area contributed by atoms with E-state index < -0.39 is 0 Å². The summed E-state index contributed by atoms with van der Waals surface area (Å²) in [5, 5.41) is 0. The summed E-state index contributed by atoms with van der Waals surface area (Å²) in [6.45, 7) is 2.37. The average Bonchev–Trinajstić information content (AvgIpc) is 2.41. The Hall–Kier alpha value is -0.330. The quantitative estimate of drug-likeness (QED) is 0.635. The van der Waals surface area contributed by atoms with E-state index in [1.807, 2.05) is 0 Å². The fourth-order valence-electron chi connectivity index (χ4n) is 4.83. The Bertz CT molecular complexity index is 244. The molecule has 0 heterocycles. The van der Waals surface area contributed by atoms with Gasteiger partial charge in [0.05, 0.1) is 0 Å². The van der Waals surface area contributed by atoms with Crippen LogP contribution in [0.15, 0.2) is 0 Å². The number of hydrogen-bond donors (Lipinski definition) is 0. The van der Waals surface area contributed by atoms with Crippen molar-refractivity contribution in [3.63, 3.8) is 0 Å². The molecule has 1 nitrogen and oxygen atoms in total. The Labute approximate surface area is 106 Å². The summed E-state index contributed by atoms with van der Waals surface area (Å²) in [6, 6.07) is 0. The largest absolute Gasteiger partial charge is 0.303 e. The van der Waals surface area contributed by atoms with Crippen molar-refractivity contribution in [3.8, 4) is 0 Å². The number of carbonyl (C=O) groups is 1. The molecule has 0 aromatic carbocycles. The van der Waals surface area contributed by atoms with Crippen molar-refractivity contribution in [2.75, 3.05) is 0 Å². The third-order valence-corrected chi connectivity index (χ3v) is 5.90. The molecule has 98 valence electrons. The molecule has 0 bridgehead atoms. The van der Waals surface area contributed by atoms with E-state index >= 15 is 0 Å². The molecule has 1 heteroatoms. The molecule has 2 fully saturated rings. The van der Waals surface area contributed by atoms with Gasteiger partial charge in [0.15, 0.2) is 0 Å². The molecule has 0 spiro atoms. The SMILES string of the molecule is CCC1(C2(CC=O)CCCCC2)CCCCC1. The predicted molar refractivity (Wildman–Crippen MR) is 72.0 cm³/mol. The Kier molecular flexibility index (Phi) is 4.27. The molecule has 2 aliphatic carbocycles. The predicted octanol–water partition coefficient (Wildman–Crippen LogP) is 4.89. The fourth-order valence-corrected chi connectivity index (χ4v) is 4.83. The molecule has 17 heavy (non-hydrogen) atoms. The van der Waals surface area contributed by atoms with E-state index in [1.54, 1.807) is 0 Å². The van der Waals surface area contributed by atoms with Crippen molar-refractivity contribution >= 4 is 6.29 Å². The second-order valence-corrected chi connectivity index (χ2v) is 6.41. The van der Waals surface area contributed by atoms with Gasteiger partial charge in [-0.2, -0.15) is 0 Å². The fraction of sp³-hybridized carbons (Fsp3) is 0.938. The third-order valence-electron chi connectivity index (χ3n) is 5.90. The number of hydrogen-bond acceptors (Lipinski definition) is 1. The molecule has 2 saturated carbocycles. The number of rotatable bonds is 4. The van der Waals surface area contributed by atoms with Crippen LogP contribution in [0.2, 0.25) is 0 Å². The Balaban J connectivity index is 2.24. The van der Waals surface area contributed by atoms with Gasteiger partial charge in [-0.1, -0.05) is 45.4 Å². The van der Waals surface area contributed by atoms with E-state index in [9.17, 15) is 4.79 Å². The zero-order valence-electron chi connectivity index (χ0n) is 11.5. The van der Waals surface area contributed by atoms with E-state index in [4.69, 9.17) is 0 Å². The maximum Gasteiger partial charge on any atom is 0.120 e. The average molecular weight is 236 g/mol. The molecule has 0 unspecified atom stereocenters. The lowest BCUT2D eigenvalue weighted by molar-refractivity contribution is -0.116. The normalized spacial score (nSPS) is 27.6. The first kappa shape index (κ1) is 13.1. The molecule has 0 aromatic heterocycles. The van der Waals surface area contributed by atoms with Crippen LogP contribution in [0.5, 0.6) is 0 Å². The molecule has 0 aliphatic heterocycles. The summed E-state index contributed by atoms with van der Waals surface area (Å²) in [5.74, 6) is 0. The highest BCUT2D eigenvalue weighted by atomic mass is 16.1. The van der Waals surface area contributed by atoms with E-state index in [1.165, 1.54) is 76.9 Å². The molecule has 0 amide bonds. The second kappa shape index (κ2) is 5.54. The van der Waals surface area contributed by atoms with Crippen LogP contribution >= 0.6 is 0 Å². The van der Waals surface area contributed by atoms with Crippen molar-refractivity contribution in [1.82, 2.24) is 0 Å². The Morgan fingerprint density at radius 2 is 1.29 bits per heavy atom.